The van der Waals surface area contributed by atoms with E-state index in [-0.39, 0.29) is 11.9 Å². The van der Waals surface area contributed by atoms with Crippen molar-refractivity contribution in [2.75, 3.05) is 47.8 Å². The van der Waals surface area contributed by atoms with Crippen LogP contribution in [-0.4, -0.2) is 70.6 Å². The zero-order valence-electron chi connectivity index (χ0n) is 21.3. The lowest BCUT2D eigenvalue weighted by Crippen LogP contribution is -2.46. The van der Waals surface area contributed by atoms with E-state index < -0.39 is 0 Å². The molecule has 0 spiro atoms. The van der Waals surface area contributed by atoms with E-state index >= 15 is 0 Å². The number of amides is 3. The minimum absolute atomic E-state index is 0.0745. The number of pyridine rings is 1. The molecule has 2 N–H and O–H groups in total. The van der Waals surface area contributed by atoms with E-state index in [0.717, 1.165) is 79.1 Å². The van der Waals surface area contributed by atoms with Crippen LogP contribution in [0.2, 0.25) is 0 Å². The largest absolute Gasteiger partial charge is 0.368 e. The number of hydrogen-bond donors (Lipinski definition) is 2. The molecular formula is C27H32N8O2. The highest BCUT2D eigenvalue weighted by molar-refractivity contribution is 6.17. The first-order valence-corrected chi connectivity index (χ1v) is 13.1. The molecule has 6 rings (SSSR count). The van der Waals surface area contributed by atoms with E-state index in [1.807, 2.05) is 32.0 Å². The van der Waals surface area contributed by atoms with E-state index in [1.54, 1.807) is 4.90 Å². The molecule has 37 heavy (non-hydrogen) atoms. The Balaban J connectivity index is 1.12. The monoisotopic (exact) mass is 500 g/mol. The fourth-order valence-electron chi connectivity index (χ4n) is 5.43. The van der Waals surface area contributed by atoms with Crippen LogP contribution in [0.5, 0.6) is 0 Å². The number of anilines is 3. The van der Waals surface area contributed by atoms with Gasteiger partial charge in [0, 0.05) is 45.3 Å². The minimum atomic E-state index is -0.156. The number of piperazine rings is 1. The standard InChI is InChI=1S/C27H32N8O2/c1-3-35-25-24-21(28-16-29-25)13-18(14-22(24)32-27(35)37)15-33-9-11-34(12-10-33)23-8-7-20(30-17(23)2)26(36)31-19-5-4-6-19/h7-8,13-14,16,19H,3-6,9-12,15H2,1-2H3,(H,31,36)(H,32,37). The number of aromatic nitrogens is 3. The molecule has 1 saturated carbocycles. The van der Waals surface area contributed by atoms with Gasteiger partial charge in [0.25, 0.3) is 5.91 Å². The smallest absolute Gasteiger partial charge is 0.327 e. The van der Waals surface area contributed by atoms with Crippen LogP contribution in [0.15, 0.2) is 30.6 Å². The van der Waals surface area contributed by atoms with Gasteiger partial charge in [-0.2, -0.15) is 0 Å². The lowest BCUT2D eigenvalue weighted by molar-refractivity contribution is 0.0911. The second-order valence-corrected chi connectivity index (χ2v) is 10.1. The summed E-state index contributed by atoms with van der Waals surface area (Å²) in [5, 5.41) is 6.97. The fraction of sp³-hybridized carbons (Fsp3) is 0.444. The summed E-state index contributed by atoms with van der Waals surface area (Å²) in [5.74, 6) is 0.594. The molecule has 3 amide bonds. The normalized spacial score (nSPS) is 18.1. The first kappa shape index (κ1) is 23.6. The molecule has 4 heterocycles. The van der Waals surface area contributed by atoms with Gasteiger partial charge in [0.15, 0.2) is 0 Å². The maximum atomic E-state index is 12.6. The van der Waals surface area contributed by atoms with Gasteiger partial charge >= 0.3 is 6.03 Å². The molecule has 3 aromatic rings. The molecule has 1 aromatic carbocycles. The molecule has 10 heteroatoms. The fourth-order valence-corrected chi connectivity index (χ4v) is 5.43. The maximum absolute atomic E-state index is 12.6. The van der Waals surface area contributed by atoms with E-state index in [1.165, 1.54) is 12.7 Å². The average molecular weight is 501 g/mol. The molecule has 1 aliphatic carbocycles. The molecule has 10 nitrogen and oxygen atoms in total. The number of carbonyl (C=O) groups is 2. The van der Waals surface area contributed by atoms with Gasteiger partial charge in [-0.25, -0.2) is 19.7 Å². The number of nitrogens with one attached hydrogen (secondary N) is 2. The van der Waals surface area contributed by atoms with Crippen LogP contribution in [0, 0.1) is 6.92 Å². The van der Waals surface area contributed by atoms with Gasteiger partial charge in [-0.15, -0.1) is 0 Å². The van der Waals surface area contributed by atoms with Crippen molar-refractivity contribution in [3.63, 3.8) is 0 Å². The van der Waals surface area contributed by atoms with Crippen molar-refractivity contribution < 1.29 is 9.59 Å². The Morgan fingerprint density at radius 2 is 1.95 bits per heavy atom. The number of hydrogen-bond acceptors (Lipinski definition) is 7. The van der Waals surface area contributed by atoms with Gasteiger partial charge in [0.2, 0.25) is 0 Å². The van der Waals surface area contributed by atoms with Crippen LogP contribution in [0.1, 0.15) is 47.9 Å². The number of benzene rings is 1. The van der Waals surface area contributed by atoms with E-state index in [0.29, 0.717) is 24.1 Å². The molecule has 2 aromatic heterocycles. The summed E-state index contributed by atoms with van der Waals surface area (Å²) < 4.78 is 0. The third-order valence-electron chi connectivity index (χ3n) is 7.69. The highest BCUT2D eigenvalue weighted by atomic mass is 16.2. The SMILES string of the molecule is CCN1C(=O)Nc2cc(CN3CCN(c4ccc(C(=O)NC5CCC5)nc4C)CC3)cc3ncnc1c23. The third kappa shape index (κ3) is 4.46. The van der Waals surface area contributed by atoms with E-state index in [2.05, 4.69) is 41.5 Å². The molecule has 1 saturated heterocycles. The molecule has 2 fully saturated rings. The number of rotatable bonds is 6. The predicted molar refractivity (Wildman–Crippen MR) is 143 cm³/mol. The quantitative estimate of drug-likeness (QED) is 0.535. The maximum Gasteiger partial charge on any atom is 0.327 e. The number of nitrogens with zero attached hydrogens (tertiary/aromatic N) is 6. The number of aryl methyl sites for hydroxylation is 1. The lowest BCUT2D eigenvalue weighted by atomic mass is 9.93. The van der Waals surface area contributed by atoms with Gasteiger partial charge in [-0.3, -0.25) is 14.6 Å². The van der Waals surface area contributed by atoms with Crippen molar-refractivity contribution in [2.24, 2.45) is 0 Å². The van der Waals surface area contributed by atoms with Crippen LogP contribution >= 0.6 is 0 Å². The molecule has 0 radical (unpaired) electrons. The minimum Gasteiger partial charge on any atom is -0.368 e. The van der Waals surface area contributed by atoms with Gasteiger partial charge in [-0.05, 0) is 62.9 Å². The molecule has 0 atom stereocenters. The number of carbonyl (C=O) groups excluding carboxylic acids is 2. The van der Waals surface area contributed by atoms with Gasteiger partial charge in [0.1, 0.15) is 17.8 Å². The Kier molecular flexibility index (Phi) is 6.11. The van der Waals surface area contributed by atoms with Crippen LogP contribution in [0.3, 0.4) is 0 Å². The predicted octanol–water partition coefficient (Wildman–Crippen LogP) is 3.31. The van der Waals surface area contributed by atoms with Crippen molar-refractivity contribution in [3.05, 3.63) is 47.5 Å². The van der Waals surface area contributed by atoms with Crippen molar-refractivity contribution in [1.82, 2.24) is 25.2 Å². The zero-order chi connectivity index (χ0) is 25.5. The molecule has 192 valence electrons. The zero-order valence-corrected chi connectivity index (χ0v) is 21.3. The second kappa shape index (κ2) is 9.59. The summed E-state index contributed by atoms with van der Waals surface area (Å²) in [7, 11) is 0. The van der Waals surface area contributed by atoms with Crippen molar-refractivity contribution in [2.45, 2.75) is 45.7 Å². The van der Waals surface area contributed by atoms with Crippen molar-refractivity contribution in [3.8, 4) is 0 Å². The van der Waals surface area contributed by atoms with Crippen molar-refractivity contribution >= 4 is 40.0 Å². The van der Waals surface area contributed by atoms with Gasteiger partial charge < -0.3 is 15.5 Å². The summed E-state index contributed by atoms with van der Waals surface area (Å²) in [5.41, 5.74) is 5.20. The van der Waals surface area contributed by atoms with Crippen LogP contribution in [0.4, 0.5) is 22.0 Å². The Morgan fingerprint density at radius 3 is 2.65 bits per heavy atom. The Morgan fingerprint density at radius 1 is 1.14 bits per heavy atom. The Hall–Kier alpha value is -3.79. The molecule has 3 aliphatic rings. The van der Waals surface area contributed by atoms with E-state index in [9.17, 15) is 9.59 Å². The highest BCUT2D eigenvalue weighted by Gasteiger charge is 2.27. The number of urea groups is 1. The second-order valence-electron chi connectivity index (χ2n) is 10.1. The average Bonchev–Trinajstić information content (AvgIpc) is 2.87. The molecular weight excluding hydrogens is 468 g/mol. The molecule has 0 bridgehead atoms. The van der Waals surface area contributed by atoms with Crippen LogP contribution in [0.25, 0.3) is 10.9 Å². The summed E-state index contributed by atoms with van der Waals surface area (Å²) in [4.78, 5) is 44.9. The lowest BCUT2D eigenvalue weighted by Gasteiger charge is -2.37. The summed E-state index contributed by atoms with van der Waals surface area (Å²) >= 11 is 0. The van der Waals surface area contributed by atoms with E-state index in [4.69, 9.17) is 0 Å². The topological polar surface area (TPSA) is 107 Å². The highest BCUT2D eigenvalue weighted by Crippen LogP contribution is 2.35. The molecule has 2 aliphatic heterocycles. The van der Waals surface area contributed by atoms with Crippen molar-refractivity contribution in [1.29, 1.82) is 0 Å². The summed E-state index contributed by atoms with van der Waals surface area (Å²) in [6.45, 7) is 8.81. The molecule has 0 unspecified atom stereocenters. The van der Waals surface area contributed by atoms with Gasteiger partial charge in [0.05, 0.1) is 28.0 Å². The first-order valence-electron chi connectivity index (χ1n) is 13.1. The summed E-state index contributed by atoms with van der Waals surface area (Å²) in [6.07, 6.45) is 4.85. The van der Waals surface area contributed by atoms with Crippen LogP contribution in [-0.2, 0) is 6.54 Å². The van der Waals surface area contributed by atoms with Gasteiger partial charge in [-0.1, -0.05) is 0 Å². The van der Waals surface area contributed by atoms with Crippen LogP contribution < -0.4 is 20.4 Å². The first-order chi connectivity index (χ1) is 18.0. The Bertz CT molecular complexity index is 1360. The Labute approximate surface area is 216 Å². The third-order valence-corrected chi connectivity index (χ3v) is 7.69. The summed E-state index contributed by atoms with van der Waals surface area (Å²) in [6, 6.07) is 8.17.